The summed E-state index contributed by atoms with van der Waals surface area (Å²) in [5, 5.41) is 0. The minimum atomic E-state index is 0. The van der Waals surface area contributed by atoms with Crippen LogP contribution in [0.1, 0.15) is 13.3 Å². The lowest BCUT2D eigenvalue weighted by molar-refractivity contribution is -0.696. The second-order valence-electron chi connectivity index (χ2n) is 3.19. The predicted octanol–water partition coefficient (Wildman–Crippen LogP) is -1.55. The van der Waals surface area contributed by atoms with E-state index in [0.717, 1.165) is 6.54 Å². The molecule has 0 aliphatic rings. The van der Waals surface area contributed by atoms with Gasteiger partial charge in [0.2, 0.25) is 0 Å². The van der Waals surface area contributed by atoms with Crippen LogP contribution < -0.4 is 21.9 Å². The summed E-state index contributed by atoms with van der Waals surface area (Å²) in [4.78, 5) is 2.11. The lowest BCUT2D eigenvalue weighted by Crippen LogP contribution is -3.00. The molecule has 2 nitrogen and oxygen atoms in total. The Bertz CT molecular complexity index is 231. The monoisotopic (exact) mass is 200 g/mol. The first-order valence-corrected chi connectivity index (χ1v) is 4.40. The highest BCUT2D eigenvalue weighted by Crippen LogP contribution is 2.05. The van der Waals surface area contributed by atoms with Gasteiger partial charge in [-0.1, -0.05) is 6.92 Å². The number of aromatic nitrogens is 1. The largest absolute Gasteiger partial charge is 1.00 e. The molecule has 0 amide bonds. The Morgan fingerprint density at radius 2 is 1.77 bits per heavy atom. The van der Waals surface area contributed by atoms with Gasteiger partial charge in [-0.15, -0.1) is 0 Å². The zero-order chi connectivity index (χ0) is 8.97. The van der Waals surface area contributed by atoms with Crippen LogP contribution in [0.2, 0.25) is 0 Å². The highest BCUT2D eigenvalue weighted by molar-refractivity contribution is 5.41. The molecule has 0 spiro atoms. The van der Waals surface area contributed by atoms with Gasteiger partial charge in [-0.2, -0.15) is 0 Å². The summed E-state index contributed by atoms with van der Waals surface area (Å²) >= 11 is 0. The van der Waals surface area contributed by atoms with Crippen LogP contribution >= 0.6 is 0 Å². The Morgan fingerprint density at radius 1 is 1.23 bits per heavy atom. The Morgan fingerprint density at radius 3 is 2.15 bits per heavy atom. The molecule has 0 saturated carbocycles. The van der Waals surface area contributed by atoms with E-state index in [0.29, 0.717) is 0 Å². The zero-order valence-electron chi connectivity index (χ0n) is 8.50. The number of aryl methyl sites for hydroxylation is 1. The molecular formula is C10H17ClN2. The summed E-state index contributed by atoms with van der Waals surface area (Å²) in [6.07, 6.45) is 5.43. The van der Waals surface area contributed by atoms with Crippen molar-refractivity contribution < 1.29 is 17.0 Å². The van der Waals surface area contributed by atoms with Crippen LogP contribution in [0.3, 0.4) is 0 Å². The van der Waals surface area contributed by atoms with Gasteiger partial charge >= 0.3 is 0 Å². The topological polar surface area (TPSA) is 7.12 Å². The summed E-state index contributed by atoms with van der Waals surface area (Å²) in [5.41, 5.74) is 1.25. The van der Waals surface area contributed by atoms with Crippen LogP contribution in [0.4, 0.5) is 5.69 Å². The van der Waals surface area contributed by atoms with Gasteiger partial charge in [0.25, 0.3) is 0 Å². The summed E-state index contributed by atoms with van der Waals surface area (Å²) in [6.45, 7) is 3.29. The van der Waals surface area contributed by atoms with Crippen LogP contribution in [0, 0.1) is 0 Å². The first-order chi connectivity index (χ1) is 5.74. The highest BCUT2D eigenvalue weighted by Gasteiger charge is 1.99. The van der Waals surface area contributed by atoms with Gasteiger partial charge in [0, 0.05) is 38.3 Å². The molecule has 1 rings (SSSR count). The summed E-state index contributed by atoms with van der Waals surface area (Å²) in [6, 6.07) is 4.27. The Hall–Kier alpha value is -0.760. The average molecular weight is 201 g/mol. The first-order valence-electron chi connectivity index (χ1n) is 4.40. The van der Waals surface area contributed by atoms with Crippen molar-refractivity contribution in [2.24, 2.45) is 0 Å². The predicted molar refractivity (Wildman–Crippen MR) is 51.3 cm³/mol. The quantitative estimate of drug-likeness (QED) is 0.537. The van der Waals surface area contributed by atoms with Gasteiger partial charge in [-0.25, -0.2) is 4.57 Å². The second kappa shape index (κ2) is 5.81. The third-order valence-electron chi connectivity index (χ3n) is 1.87. The molecule has 0 aliphatic heterocycles. The average Bonchev–Trinajstić information content (AvgIpc) is 2.06. The van der Waals surface area contributed by atoms with E-state index in [9.17, 15) is 0 Å². The van der Waals surface area contributed by atoms with Crippen LogP contribution in [0.15, 0.2) is 24.5 Å². The number of halogens is 1. The molecule has 0 aromatic carbocycles. The van der Waals surface area contributed by atoms with Crippen molar-refractivity contribution in [3.63, 3.8) is 0 Å². The summed E-state index contributed by atoms with van der Waals surface area (Å²) in [5.74, 6) is 0. The third kappa shape index (κ3) is 3.64. The molecule has 74 valence electrons. The van der Waals surface area contributed by atoms with E-state index in [1.807, 2.05) is 0 Å². The van der Waals surface area contributed by atoms with Gasteiger partial charge in [-0.3, -0.25) is 0 Å². The van der Waals surface area contributed by atoms with Gasteiger partial charge in [0.05, 0.1) is 0 Å². The van der Waals surface area contributed by atoms with E-state index in [-0.39, 0.29) is 12.4 Å². The molecule has 0 bridgehead atoms. The maximum atomic E-state index is 2.20. The SMILES string of the molecule is CCC[n+]1ccc(N(C)C)cc1.[Cl-]. The van der Waals surface area contributed by atoms with Crippen molar-refractivity contribution in [3.8, 4) is 0 Å². The van der Waals surface area contributed by atoms with E-state index >= 15 is 0 Å². The number of rotatable bonds is 3. The number of pyridine rings is 1. The lowest BCUT2D eigenvalue weighted by Gasteiger charge is -2.10. The molecule has 1 aromatic heterocycles. The Balaban J connectivity index is 0.00000144. The van der Waals surface area contributed by atoms with Crippen molar-refractivity contribution in [2.45, 2.75) is 19.9 Å². The van der Waals surface area contributed by atoms with Crippen LogP contribution in [0.5, 0.6) is 0 Å². The normalized spacial score (nSPS) is 9.15. The fraction of sp³-hybridized carbons (Fsp3) is 0.500. The standard InChI is InChI=1S/C10H17N2.ClH/c1-4-7-12-8-5-10(6-9-12)11(2)3;/h5-6,8-9H,4,7H2,1-3H3;1H/q+1;/p-1. The number of hydrogen-bond donors (Lipinski definition) is 0. The van der Waals surface area contributed by atoms with Crippen molar-refractivity contribution >= 4 is 5.69 Å². The molecule has 0 aliphatic carbocycles. The molecule has 13 heavy (non-hydrogen) atoms. The van der Waals surface area contributed by atoms with Gasteiger partial charge < -0.3 is 17.3 Å². The minimum Gasteiger partial charge on any atom is -1.00 e. The van der Waals surface area contributed by atoms with Crippen molar-refractivity contribution in [1.29, 1.82) is 0 Å². The van der Waals surface area contributed by atoms with Crippen molar-refractivity contribution in [3.05, 3.63) is 24.5 Å². The maximum absolute atomic E-state index is 2.20. The smallest absolute Gasteiger partial charge is 0.170 e. The molecule has 1 heterocycles. The number of anilines is 1. The van der Waals surface area contributed by atoms with Crippen molar-refractivity contribution in [1.82, 2.24) is 0 Å². The molecule has 0 radical (unpaired) electrons. The van der Waals surface area contributed by atoms with Gasteiger partial charge in [0.15, 0.2) is 12.4 Å². The molecular weight excluding hydrogens is 184 g/mol. The van der Waals surface area contributed by atoms with E-state index in [4.69, 9.17) is 0 Å². The maximum Gasteiger partial charge on any atom is 0.170 e. The zero-order valence-corrected chi connectivity index (χ0v) is 9.25. The fourth-order valence-corrected chi connectivity index (χ4v) is 1.15. The van der Waals surface area contributed by atoms with Gasteiger partial charge in [-0.05, 0) is 0 Å². The van der Waals surface area contributed by atoms with Crippen LogP contribution in [-0.2, 0) is 6.54 Å². The second-order valence-corrected chi connectivity index (χ2v) is 3.19. The molecule has 0 atom stereocenters. The number of nitrogens with zero attached hydrogens (tertiary/aromatic N) is 2. The molecule has 0 unspecified atom stereocenters. The van der Waals surface area contributed by atoms with Gasteiger partial charge in [0.1, 0.15) is 6.54 Å². The van der Waals surface area contributed by atoms with E-state index in [1.165, 1.54) is 12.1 Å². The molecule has 0 saturated heterocycles. The van der Waals surface area contributed by atoms with Crippen LogP contribution in [-0.4, -0.2) is 14.1 Å². The minimum absolute atomic E-state index is 0. The lowest BCUT2D eigenvalue weighted by atomic mass is 10.3. The molecule has 0 fully saturated rings. The molecule has 1 aromatic rings. The first kappa shape index (κ1) is 12.2. The molecule has 0 N–H and O–H groups in total. The summed E-state index contributed by atoms with van der Waals surface area (Å²) in [7, 11) is 4.11. The summed E-state index contributed by atoms with van der Waals surface area (Å²) < 4.78 is 2.20. The van der Waals surface area contributed by atoms with E-state index < -0.39 is 0 Å². The van der Waals surface area contributed by atoms with Crippen molar-refractivity contribution in [2.75, 3.05) is 19.0 Å². The highest BCUT2D eigenvalue weighted by atomic mass is 35.5. The van der Waals surface area contributed by atoms with E-state index in [1.54, 1.807) is 0 Å². The Kier molecular flexibility index (Phi) is 5.47. The Labute approximate surface area is 86.6 Å². The molecule has 3 heteroatoms. The third-order valence-corrected chi connectivity index (χ3v) is 1.87. The van der Waals surface area contributed by atoms with Crippen LogP contribution in [0.25, 0.3) is 0 Å². The van der Waals surface area contributed by atoms with E-state index in [2.05, 4.69) is 55.0 Å². The number of hydrogen-bond acceptors (Lipinski definition) is 1. The fourth-order valence-electron chi connectivity index (χ4n) is 1.15.